The van der Waals surface area contributed by atoms with Crippen LogP contribution in [-0.2, 0) is 0 Å². The van der Waals surface area contributed by atoms with Crippen LogP contribution in [0.2, 0.25) is 0 Å². The second kappa shape index (κ2) is 5.17. The summed E-state index contributed by atoms with van der Waals surface area (Å²) < 4.78 is 0. The van der Waals surface area contributed by atoms with Crippen LogP contribution in [0.25, 0.3) is 0 Å². The van der Waals surface area contributed by atoms with Crippen molar-refractivity contribution in [2.75, 3.05) is 0 Å². The summed E-state index contributed by atoms with van der Waals surface area (Å²) >= 11 is 0. The van der Waals surface area contributed by atoms with Crippen LogP contribution in [0.3, 0.4) is 0 Å². The van der Waals surface area contributed by atoms with Gasteiger partial charge in [0.05, 0.1) is 0 Å². The average Bonchev–Trinajstić information content (AvgIpc) is 2.26. The predicted octanol–water partition coefficient (Wildman–Crippen LogP) is 2.20. The van der Waals surface area contributed by atoms with Crippen molar-refractivity contribution in [3.05, 3.63) is 35.9 Å². The third kappa shape index (κ3) is 3.01. The van der Waals surface area contributed by atoms with E-state index in [1.165, 1.54) is 0 Å². The van der Waals surface area contributed by atoms with Gasteiger partial charge in [-0.15, -0.1) is 0 Å². The Morgan fingerprint density at radius 1 is 1.36 bits per heavy atom. The minimum absolute atomic E-state index is 0.168. The molecule has 0 bridgehead atoms. The van der Waals surface area contributed by atoms with Crippen LogP contribution >= 0.6 is 0 Å². The molecule has 14 heavy (non-hydrogen) atoms. The fraction of sp³-hybridized carbons (Fsp3) is 0.273. The molecule has 0 aliphatic heterocycles. The Morgan fingerprint density at radius 2 is 2.00 bits per heavy atom. The van der Waals surface area contributed by atoms with Crippen molar-refractivity contribution in [2.45, 2.75) is 20.3 Å². The van der Waals surface area contributed by atoms with Gasteiger partial charge >= 0.3 is 0 Å². The van der Waals surface area contributed by atoms with Gasteiger partial charge in [-0.25, -0.2) is 5.43 Å². The van der Waals surface area contributed by atoms with Crippen molar-refractivity contribution in [3.8, 4) is 0 Å². The van der Waals surface area contributed by atoms with Crippen LogP contribution in [-0.4, -0.2) is 11.6 Å². The van der Waals surface area contributed by atoms with Gasteiger partial charge in [0.15, 0.2) is 0 Å². The second-order valence-corrected chi connectivity index (χ2v) is 3.01. The molecule has 1 aromatic rings. The van der Waals surface area contributed by atoms with E-state index in [1.807, 2.05) is 32.0 Å². The van der Waals surface area contributed by atoms with Gasteiger partial charge in [-0.1, -0.05) is 25.1 Å². The van der Waals surface area contributed by atoms with E-state index in [-0.39, 0.29) is 5.91 Å². The van der Waals surface area contributed by atoms with E-state index in [9.17, 15) is 4.79 Å². The highest BCUT2D eigenvalue weighted by Crippen LogP contribution is 1.97. The molecule has 1 rings (SSSR count). The van der Waals surface area contributed by atoms with Crippen LogP contribution in [0.1, 0.15) is 30.6 Å². The molecular formula is C11H14N2O. The number of benzene rings is 1. The van der Waals surface area contributed by atoms with Crippen LogP contribution in [0.5, 0.6) is 0 Å². The Balaban J connectivity index is 2.60. The molecule has 0 aliphatic rings. The maximum Gasteiger partial charge on any atom is 0.271 e. The summed E-state index contributed by atoms with van der Waals surface area (Å²) in [5.41, 5.74) is 4.04. The molecule has 74 valence electrons. The molecule has 3 nitrogen and oxygen atoms in total. The Morgan fingerprint density at radius 3 is 2.57 bits per heavy atom. The summed E-state index contributed by atoms with van der Waals surface area (Å²) in [6.07, 6.45) is 0.842. The van der Waals surface area contributed by atoms with Crippen molar-refractivity contribution in [1.29, 1.82) is 0 Å². The first-order valence-electron chi connectivity index (χ1n) is 4.62. The Kier molecular flexibility index (Phi) is 3.85. The summed E-state index contributed by atoms with van der Waals surface area (Å²) in [6, 6.07) is 9.03. The Bertz CT molecular complexity index is 330. The lowest BCUT2D eigenvalue weighted by Gasteiger charge is -2.00. The summed E-state index contributed by atoms with van der Waals surface area (Å²) in [6.45, 7) is 3.87. The Labute approximate surface area is 83.8 Å². The van der Waals surface area contributed by atoms with Gasteiger partial charge in [-0.05, 0) is 25.5 Å². The van der Waals surface area contributed by atoms with Crippen molar-refractivity contribution >= 4 is 11.6 Å². The van der Waals surface area contributed by atoms with Gasteiger partial charge in [0.2, 0.25) is 0 Å². The highest BCUT2D eigenvalue weighted by Gasteiger charge is 2.01. The first kappa shape index (κ1) is 10.4. The second-order valence-electron chi connectivity index (χ2n) is 3.01. The van der Waals surface area contributed by atoms with Gasteiger partial charge in [0.25, 0.3) is 5.91 Å². The molecule has 0 radical (unpaired) electrons. The molecule has 1 N–H and O–H groups in total. The van der Waals surface area contributed by atoms with Crippen molar-refractivity contribution < 1.29 is 4.79 Å². The molecule has 3 heteroatoms. The monoisotopic (exact) mass is 190 g/mol. The zero-order valence-corrected chi connectivity index (χ0v) is 8.45. The highest BCUT2D eigenvalue weighted by molar-refractivity contribution is 5.95. The normalized spacial score (nSPS) is 11.1. The lowest BCUT2D eigenvalue weighted by Crippen LogP contribution is -2.18. The lowest BCUT2D eigenvalue weighted by molar-refractivity contribution is 0.0954. The lowest BCUT2D eigenvalue weighted by atomic mass is 10.2. The van der Waals surface area contributed by atoms with Crippen LogP contribution in [0, 0.1) is 0 Å². The van der Waals surface area contributed by atoms with Crippen molar-refractivity contribution in [1.82, 2.24) is 5.43 Å². The standard InChI is InChI=1S/C11H14N2O/c1-3-9(2)12-13-11(14)10-7-5-4-6-8-10/h4-8H,3H2,1-2H3,(H,13,14)/b12-9+. The van der Waals surface area contributed by atoms with Crippen LogP contribution in [0.4, 0.5) is 0 Å². The van der Waals surface area contributed by atoms with E-state index in [2.05, 4.69) is 10.5 Å². The van der Waals surface area contributed by atoms with E-state index < -0.39 is 0 Å². The maximum atomic E-state index is 11.4. The van der Waals surface area contributed by atoms with E-state index in [1.54, 1.807) is 12.1 Å². The molecule has 0 fully saturated rings. The smallest absolute Gasteiger partial charge is 0.267 e. The summed E-state index contributed by atoms with van der Waals surface area (Å²) in [7, 11) is 0. The first-order chi connectivity index (χ1) is 6.74. The molecule has 0 aliphatic carbocycles. The first-order valence-corrected chi connectivity index (χ1v) is 4.62. The van der Waals surface area contributed by atoms with Crippen molar-refractivity contribution in [3.63, 3.8) is 0 Å². The zero-order chi connectivity index (χ0) is 10.4. The number of hydrazone groups is 1. The zero-order valence-electron chi connectivity index (χ0n) is 8.45. The number of carbonyl (C=O) groups is 1. The third-order valence-corrected chi connectivity index (χ3v) is 1.90. The molecule has 1 amide bonds. The largest absolute Gasteiger partial charge is 0.271 e. The SMILES string of the molecule is CC/C(C)=N/NC(=O)c1ccccc1. The number of hydrogen-bond donors (Lipinski definition) is 1. The van der Waals surface area contributed by atoms with Crippen molar-refractivity contribution in [2.24, 2.45) is 5.10 Å². The van der Waals surface area contributed by atoms with Crippen LogP contribution in [0.15, 0.2) is 35.4 Å². The highest BCUT2D eigenvalue weighted by atomic mass is 16.2. The van der Waals surface area contributed by atoms with Gasteiger partial charge in [0, 0.05) is 11.3 Å². The summed E-state index contributed by atoms with van der Waals surface area (Å²) in [5, 5.41) is 3.94. The van der Waals surface area contributed by atoms with Gasteiger partial charge in [-0.2, -0.15) is 5.10 Å². The van der Waals surface area contributed by atoms with E-state index in [4.69, 9.17) is 0 Å². The molecule has 0 spiro atoms. The summed E-state index contributed by atoms with van der Waals surface area (Å²) in [5.74, 6) is -0.168. The number of nitrogens with zero attached hydrogens (tertiary/aromatic N) is 1. The Hall–Kier alpha value is -1.64. The molecular weight excluding hydrogens is 176 g/mol. The van der Waals surface area contributed by atoms with Gasteiger partial charge in [-0.3, -0.25) is 4.79 Å². The number of nitrogens with one attached hydrogen (secondary N) is 1. The van der Waals surface area contributed by atoms with E-state index in [0.29, 0.717) is 5.56 Å². The summed E-state index contributed by atoms with van der Waals surface area (Å²) in [4.78, 5) is 11.4. The molecule has 0 aromatic heterocycles. The third-order valence-electron chi connectivity index (χ3n) is 1.90. The molecule has 0 atom stereocenters. The quantitative estimate of drug-likeness (QED) is 0.576. The minimum atomic E-state index is -0.168. The molecule has 0 saturated carbocycles. The van der Waals surface area contributed by atoms with Gasteiger partial charge < -0.3 is 0 Å². The van der Waals surface area contributed by atoms with E-state index in [0.717, 1.165) is 12.1 Å². The average molecular weight is 190 g/mol. The fourth-order valence-electron chi connectivity index (χ4n) is 0.879. The van der Waals surface area contributed by atoms with Gasteiger partial charge in [0.1, 0.15) is 0 Å². The number of amides is 1. The minimum Gasteiger partial charge on any atom is -0.267 e. The molecule has 1 aromatic carbocycles. The topological polar surface area (TPSA) is 41.5 Å². The maximum absolute atomic E-state index is 11.4. The molecule has 0 unspecified atom stereocenters. The van der Waals surface area contributed by atoms with Crippen LogP contribution < -0.4 is 5.43 Å². The number of hydrogen-bond acceptors (Lipinski definition) is 2. The number of rotatable bonds is 3. The fourth-order valence-corrected chi connectivity index (χ4v) is 0.879. The molecule has 0 saturated heterocycles. The predicted molar refractivity (Wildman–Crippen MR) is 57.3 cm³/mol. The molecule has 0 heterocycles. The van der Waals surface area contributed by atoms with E-state index >= 15 is 0 Å². The number of carbonyl (C=O) groups excluding carboxylic acids is 1.